The minimum atomic E-state index is -1.46. The van der Waals surface area contributed by atoms with Crippen molar-refractivity contribution in [3.05, 3.63) is 0 Å². The molecule has 0 fully saturated rings. The molecule has 0 aromatic rings. The largest absolute Gasteiger partial charge is 0.400 e. The fourth-order valence-electron chi connectivity index (χ4n) is 1.69. The molecule has 88 valence electrons. The highest BCUT2D eigenvalue weighted by molar-refractivity contribution is 6.46. The monoisotopic (exact) mass is 222 g/mol. The van der Waals surface area contributed by atoms with Crippen molar-refractivity contribution in [3.63, 3.8) is 0 Å². The summed E-state index contributed by atoms with van der Waals surface area (Å²) < 4.78 is 10.8. The molecule has 2 atom stereocenters. The summed E-state index contributed by atoms with van der Waals surface area (Å²) in [5.41, 5.74) is 6.34. The predicted octanol–water partition coefficient (Wildman–Crippen LogP) is 1.57. The summed E-state index contributed by atoms with van der Waals surface area (Å²) in [6.45, 7) is 4.23. The van der Waals surface area contributed by atoms with Crippen molar-refractivity contribution in [2.24, 2.45) is 5.73 Å². The van der Waals surface area contributed by atoms with Gasteiger partial charge in [0.25, 0.3) is 0 Å². The van der Waals surface area contributed by atoms with Crippen LogP contribution in [0.5, 0.6) is 0 Å². The fourth-order valence-corrected chi connectivity index (χ4v) is 3.91. The first-order chi connectivity index (χ1) is 6.15. The minimum absolute atomic E-state index is 0. The van der Waals surface area contributed by atoms with Gasteiger partial charge >= 0.3 is 9.28 Å². The maximum Gasteiger partial charge on any atom is 0.324 e. The zero-order valence-electron chi connectivity index (χ0n) is 9.95. The quantitative estimate of drug-likeness (QED) is 0.641. The van der Waals surface area contributed by atoms with Crippen LogP contribution in [0.3, 0.4) is 0 Å². The highest BCUT2D eigenvalue weighted by Gasteiger charge is 2.24. The van der Waals surface area contributed by atoms with Crippen molar-refractivity contribution in [3.8, 4) is 0 Å². The lowest BCUT2D eigenvalue weighted by Gasteiger charge is -2.23. The molecule has 0 aromatic heterocycles. The van der Waals surface area contributed by atoms with E-state index in [0.29, 0.717) is 5.54 Å². The topological polar surface area (TPSA) is 79.5 Å². The lowest BCUT2D eigenvalue weighted by atomic mass is 10.1. The lowest BCUT2D eigenvalue weighted by Crippen LogP contribution is -2.30. The molecule has 0 heterocycles. The molecule has 0 aliphatic carbocycles. The van der Waals surface area contributed by atoms with Crippen LogP contribution in [-0.4, -0.2) is 29.5 Å². The number of hydrogen-bond acceptors (Lipinski definition) is 4. The van der Waals surface area contributed by atoms with E-state index in [-0.39, 0.29) is 12.2 Å². The number of rotatable bonds is 7. The smallest absolute Gasteiger partial charge is 0.324 e. The Bertz CT molecular complexity index is 121. The van der Waals surface area contributed by atoms with Gasteiger partial charge in [0.2, 0.25) is 0 Å². The SMILES string of the molecule is CCCC(CC(C)N)[SiH](OC)OC.N. The minimum Gasteiger partial charge on any atom is -0.400 e. The summed E-state index contributed by atoms with van der Waals surface area (Å²) in [6, 6.07) is 0.247. The molecule has 0 bridgehead atoms. The van der Waals surface area contributed by atoms with Crippen LogP contribution in [0.2, 0.25) is 5.54 Å². The highest BCUT2D eigenvalue weighted by Crippen LogP contribution is 2.23. The van der Waals surface area contributed by atoms with Gasteiger partial charge in [0, 0.05) is 25.8 Å². The Hall–Kier alpha value is 0.0569. The van der Waals surface area contributed by atoms with Gasteiger partial charge < -0.3 is 20.7 Å². The molecule has 0 aliphatic heterocycles. The van der Waals surface area contributed by atoms with Gasteiger partial charge in [-0.2, -0.15) is 0 Å². The van der Waals surface area contributed by atoms with E-state index in [9.17, 15) is 0 Å². The average Bonchev–Trinajstić information content (AvgIpc) is 2.05. The van der Waals surface area contributed by atoms with Crippen molar-refractivity contribution >= 4 is 9.28 Å². The summed E-state index contributed by atoms with van der Waals surface area (Å²) in [4.78, 5) is 0. The van der Waals surface area contributed by atoms with Crippen LogP contribution in [0.15, 0.2) is 0 Å². The molecule has 4 nitrogen and oxygen atoms in total. The first-order valence-electron chi connectivity index (χ1n) is 4.96. The van der Waals surface area contributed by atoms with Crippen molar-refractivity contribution in [2.45, 2.75) is 44.7 Å². The van der Waals surface area contributed by atoms with Crippen LogP contribution in [0.4, 0.5) is 0 Å². The van der Waals surface area contributed by atoms with Crippen LogP contribution in [-0.2, 0) is 8.85 Å². The summed E-state index contributed by atoms with van der Waals surface area (Å²) in [5, 5.41) is 0. The molecule has 14 heavy (non-hydrogen) atoms. The summed E-state index contributed by atoms with van der Waals surface area (Å²) in [7, 11) is 2.02. The van der Waals surface area contributed by atoms with Crippen molar-refractivity contribution < 1.29 is 8.85 Å². The van der Waals surface area contributed by atoms with E-state index in [1.165, 1.54) is 12.8 Å². The second-order valence-corrected chi connectivity index (χ2v) is 6.22. The van der Waals surface area contributed by atoms with Crippen molar-refractivity contribution in [1.82, 2.24) is 6.15 Å². The van der Waals surface area contributed by atoms with E-state index in [4.69, 9.17) is 14.6 Å². The molecule has 0 saturated carbocycles. The molecular weight excluding hydrogens is 196 g/mol. The number of hydrogen-bond donors (Lipinski definition) is 2. The Morgan fingerprint density at radius 1 is 1.29 bits per heavy atom. The Kier molecular flexibility index (Phi) is 11.3. The van der Waals surface area contributed by atoms with E-state index in [0.717, 1.165) is 6.42 Å². The molecule has 0 aliphatic rings. The summed E-state index contributed by atoms with van der Waals surface area (Å²) >= 11 is 0. The van der Waals surface area contributed by atoms with Gasteiger partial charge in [-0.1, -0.05) is 13.3 Å². The van der Waals surface area contributed by atoms with E-state index >= 15 is 0 Å². The van der Waals surface area contributed by atoms with Crippen LogP contribution < -0.4 is 11.9 Å². The molecule has 0 saturated heterocycles. The normalized spacial score (nSPS) is 15.0. The third-order valence-electron chi connectivity index (χ3n) is 2.18. The predicted molar refractivity (Wildman–Crippen MR) is 63.1 cm³/mol. The first-order valence-corrected chi connectivity index (χ1v) is 6.57. The molecule has 0 amide bonds. The average molecular weight is 222 g/mol. The number of nitrogens with two attached hydrogens (primary N) is 1. The van der Waals surface area contributed by atoms with Gasteiger partial charge in [0.1, 0.15) is 0 Å². The van der Waals surface area contributed by atoms with Crippen LogP contribution in [0, 0.1) is 0 Å². The second-order valence-electron chi connectivity index (χ2n) is 3.60. The summed E-state index contributed by atoms with van der Waals surface area (Å²) in [6.07, 6.45) is 3.36. The first kappa shape index (κ1) is 16.5. The van der Waals surface area contributed by atoms with Gasteiger partial charge in [0.15, 0.2) is 0 Å². The van der Waals surface area contributed by atoms with E-state index in [1.807, 2.05) is 6.92 Å². The molecule has 2 unspecified atom stereocenters. The third kappa shape index (κ3) is 6.50. The Morgan fingerprint density at radius 3 is 2.07 bits per heavy atom. The van der Waals surface area contributed by atoms with Crippen molar-refractivity contribution in [1.29, 1.82) is 0 Å². The van der Waals surface area contributed by atoms with Gasteiger partial charge in [-0.15, -0.1) is 0 Å². The van der Waals surface area contributed by atoms with E-state index < -0.39 is 9.28 Å². The van der Waals surface area contributed by atoms with Gasteiger partial charge in [-0.3, -0.25) is 0 Å². The lowest BCUT2D eigenvalue weighted by molar-refractivity contribution is 0.257. The Morgan fingerprint density at radius 2 is 1.79 bits per heavy atom. The molecule has 5 N–H and O–H groups in total. The molecule has 5 heteroatoms. The van der Waals surface area contributed by atoms with Crippen molar-refractivity contribution in [2.75, 3.05) is 14.2 Å². The maximum absolute atomic E-state index is 5.78. The highest BCUT2D eigenvalue weighted by atomic mass is 28.3. The van der Waals surface area contributed by atoms with Gasteiger partial charge in [0.05, 0.1) is 0 Å². The third-order valence-corrected chi connectivity index (χ3v) is 4.49. The molecule has 0 radical (unpaired) electrons. The Balaban J connectivity index is 0. The van der Waals surface area contributed by atoms with E-state index in [2.05, 4.69) is 6.92 Å². The van der Waals surface area contributed by atoms with Gasteiger partial charge in [-0.25, -0.2) is 0 Å². The zero-order valence-corrected chi connectivity index (χ0v) is 11.1. The van der Waals surface area contributed by atoms with Crippen LogP contribution in [0.1, 0.15) is 33.1 Å². The van der Waals surface area contributed by atoms with Crippen LogP contribution in [0.25, 0.3) is 0 Å². The van der Waals surface area contributed by atoms with Crippen LogP contribution >= 0.6 is 0 Å². The molecule has 0 rings (SSSR count). The second kappa shape index (κ2) is 9.61. The molecule has 0 aromatic carbocycles. The molecule has 0 spiro atoms. The zero-order chi connectivity index (χ0) is 10.3. The standard InChI is InChI=1S/C9H23NO2Si.H3N/c1-5-6-9(7-8(2)10)13(11-3)12-4;/h8-9,13H,5-7,10H2,1-4H3;1H3. The maximum atomic E-state index is 5.78. The van der Waals surface area contributed by atoms with Gasteiger partial charge in [-0.05, 0) is 19.8 Å². The summed E-state index contributed by atoms with van der Waals surface area (Å²) in [5.74, 6) is 0. The Labute approximate surface area is 89.6 Å². The molecular formula is C9H26N2O2Si. The van der Waals surface area contributed by atoms with E-state index in [1.54, 1.807) is 14.2 Å². The fraction of sp³-hybridized carbons (Fsp3) is 1.00.